The van der Waals surface area contributed by atoms with Crippen LogP contribution in [0.1, 0.15) is 39.7 Å². The summed E-state index contributed by atoms with van der Waals surface area (Å²) in [5.41, 5.74) is 1.28. The first kappa shape index (κ1) is 15.7. The number of nitrogens with zero attached hydrogens (tertiary/aromatic N) is 1. The molecule has 9 heteroatoms. The largest absolute Gasteiger partial charge is 0.477 e. The lowest BCUT2D eigenvalue weighted by atomic mass is 10.1. The van der Waals surface area contributed by atoms with Crippen molar-refractivity contribution in [1.29, 1.82) is 0 Å². The minimum Gasteiger partial charge on any atom is -0.477 e. The quantitative estimate of drug-likeness (QED) is 0.868. The van der Waals surface area contributed by atoms with Crippen LogP contribution in [0.15, 0.2) is 20.9 Å². The van der Waals surface area contributed by atoms with Crippen LogP contribution in [0.3, 0.4) is 0 Å². The van der Waals surface area contributed by atoms with Crippen LogP contribution in [0, 0.1) is 13.8 Å². The van der Waals surface area contributed by atoms with E-state index in [0.29, 0.717) is 17.0 Å². The molecule has 0 fully saturated rings. The molecule has 2 aromatic rings. The smallest absolute Gasteiger partial charge is 0.345 e. The SMILES string of the molecule is Cc1noc(C)c1C(C)NS(=O)(=O)c1csc(C(=O)O)c1. The average Bonchev–Trinajstić information content (AvgIpc) is 2.96. The van der Waals surface area contributed by atoms with Gasteiger partial charge in [0.1, 0.15) is 10.6 Å². The predicted octanol–water partition coefficient (Wildman–Crippen LogP) is 2.09. The molecule has 1 unspecified atom stereocenters. The Morgan fingerprint density at radius 3 is 2.62 bits per heavy atom. The topological polar surface area (TPSA) is 110 Å². The predicted molar refractivity (Wildman–Crippen MR) is 76.0 cm³/mol. The van der Waals surface area contributed by atoms with Crippen molar-refractivity contribution in [3.63, 3.8) is 0 Å². The highest BCUT2D eigenvalue weighted by atomic mass is 32.2. The van der Waals surface area contributed by atoms with Crippen molar-refractivity contribution < 1.29 is 22.8 Å². The number of aryl methyl sites for hydroxylation is 2. The summed E-state index contributed by atoms with van der Waals surface area (Å²) in [4.78, 5) is 10.7. The maximum absolute atomic E-state index is 12.2. The maximum atomic E-state index is 12.2. The van der Waals surface area contributed by atoms with Gasteiger partial charge in [0.05, 0.1) is 10.6 Å². The summed E-state index contributed by atoms with van der Waals surface area (Å²) in [6.45, 7) is 5.10. The van der Waals surface area contributed by atoms with E-state index in [4.69, 9.17) is 9.63 Å². The third-order valence-corrected chi connectivity index (χ3v) is 5.54. The van der Waals surface area contributed by atoms with Gasteiger partial charge in [-0.2, -0.15) is 0 Å². The highest BCUT2D eigenvalue weighted by Gasteiger charge is 2.24. The van der Waals surface area contributed by atoms with E-state index in [2.05, 4.69) is 9.88 Å². The van der Waals surface area contributed by atoms with Crippen molar-refractivity contribution >= 4 is 27.3 Å². The van der Waals surface area contributed by atoms with Crippen LogP contribution >= 0.6 is 11.3 Å². The summed E-state index contributed by atoms with van der Waals surface area (Å²) in [6.07, 6.45) is 0. The van der Waals surface area contributed by atoms with Crippen LogP contribution < -0.4 is 4.72 Å². The molecular weight excluding hydrogens is 316 g/mol. The molecule has 0 amide bonds. The molecule has 2 rings (SSSR count). The molecule has 0 spiro atoms. The molecule has 2 heterocycles. The molecule has 7 nitrogen and oxygen atoms in total. The number of thiophene rings is 1. The number of carbonyl (C=O) groups is 1. The third-order valence-electron chi connectivity index (χ3n) is 2.95. The fraction of sp³-hybridized carbons (Fsp3) is 0.333. The molecule has 2 N–H and O–H groups in total. The lowest BCUT2D eigenvalue weighted by Crippen LogP contribution is -2.27. The standard InChI is InChI=1S/C12H14N2O5S2/c1-6-11(8(3)19-13-6)7(2)14-21(17,18)9-4-10(12(15)16)20-5-9/h4-5,7,14H,1-3H3,(H,15,16). The Hall–Kier alpha value is -1.71. The Balaban J connectivity index is 2.26. The fourth-order valence-corrected chi connectivity index (χ4v) is 4.36. The van der Waals surface area contributed by atoms with Gasteiger partial charge in [0.2, 0.25) is 10.0 Å². The van der Waals surface area contributed by atoms with E-state index < -0.39 is 22.0 Å². The van der Waals surface area contributed by atoms with Gasteiger partial charge in [-0.1, -0.05) is 5.16 Å². The lowest BCUT2D eigenvalue weighted by molar-refractivity contribution is 0.0702. The highest BCUT2D eigenvalue weighted by Crippen LogP contribution is 2.25. The molecule has 0 aliphatic carbocycles. The third kappa shape index (κ3) is 3.14. The van der Waals surface area contributed by atoms with Gasteiger partial charge >= 0.3 is 5.97 Å². The Morgan fingerprint density at radius 2 is 2.14 bits per heavy atom. The first-order valence-corrected chi connectivity index (χ1v) is 8.35. The van der Waals surface area contributed by atoms with Gasteiger partial charge in [-0.15, -0.1) is 11.3 Å². The fourth-order valence-electron chi connectivity index (χ4n) is 2.04. The zero-order valence-electron chi connectivity index (χ0n) is 11.6. The summed E-state index contributed by atoms with van der Waals surface area (Å²) in [5, 5.41) is 13.9. The van der Waals surface area contributed by atoms with Crippen LogP contribution in [0.2, 0.25) is 0 Å². The van der Waals surface area contributed by atoms with Crippen molar-refractivity contribution in [3.8, 4) is 0 Å². The molecule has 114 valence electrons. The first-order chi connectivity index (χ1) is 9.72. The minimum absolute atomic E-state index is 0.0274. The van der Waals surface area contributed by atoms with Crippen molar-refractivity contribution in [1.82, 2.24) is 9.88 Å². The molecule has 21 heavy (non-hydrogen) atoms. The summed E-state index contributed by atoms with van der Waals surface area (Å²) in [7, 11) is -3.80. The summed E-state index contributed by atoms with van der Waals surface area (Å²) < 4.78 is 32.0. The van der Waals surface area contributed by atoms with Crippen LogP contribution in [0.25, 0.3) is 0 Å². The summed E-state index contributed by atoms with van der Waals surface area (Å²) >= 11 is 0.866. The number of nitrogens with one attached hydrogen (secondary N) is 1. The molecule has 0 aliphatic rings. The Labute approximate surface area is 125 Å². The Morgan fingerprint density at radius 1 is 1.48 bits per heavy atom. The van der Waals surface area contributed by atoms with Gasteiger partial charge in [0.15, 0.2) is 0 Å². The second-order valence-corrected chi connectivity index (χ2v) is 7.16. The van der Waals surface area contributed by atoms with Crippen LogP contribution in [0.4, 0.5) is 0 Å². The zero-order chi connectivity index (χ0) is 15.8. The minimum atomic E-state index is -3.80. The van der Waals surface area contributed by atoms with Gasteiger partial charge in [-0.3, -0.25) is 0 Å². The number of carboxylic acids is 1. The van der Waals surface area contributed by atoms with E-state index in [1.807, 2.05) is 0 Å². The molecule has 0 saturated heterocycles. The second-order valence-electron chi connectivity index (χ2n) is 4.53. The lowest BCUT2D eigenvalue weighted by Gasteiger charge is -2.13. The number of sulfonamides is 1. The van der Waals surface area contributed by atoms with E-state index in [1.165, 1.54) is 5.38 Å². The molecule has 0 radical (unpaired) electrons. The zero-order valence-corrected chi connectivity index (χ0v) is 13.2. The van der Waals surface area contributed by atoms with Gasteiger partial charge in [-0.25, -0.2) is 17.9 Å². The number of aromatic nitrogens is 1. The molecule has 0 aromatic carbocycles. The van der Waals surface area contributed by atoms with Crippen molar-refractivity contribution in [2.45, 2.75) is 31.7 Å². The van der Waals surface area contributed by atoms with Gasteiger partial charge < -0.3 is 9.63 Å². The van der Waals surface area contributed by atoms with Crippen molar-refractivity contribution in [2.24, 2.45) is 0 Å². The van der Waals surface area contributed by atoms with Crippen LogP contribution in [0.5, 0.6) is 0 Å². The van der Waals surface area contributed by atoms with Crippen molar-refractivity contribution in [2.75, 3.05) is 0 Å². The van der Waals surface area contributed by atoms with E-state index in [9.17, 15) is 13.2 Å². The summed E-state index contributed by atoms with van der Waals surface area (Å²) in [5.74, 6) is -0.612. The van der Waals surface area contributed by atoms with Gasteiger partial charge in [0.25, 0.3) is 0 Å². The summed E-state index contributed by atoms with van der Waals surface area (Å²) in [6, 6.07) is 0.601. The van der Waals surface area contributed by atoms with Gasteiger partial charge in [0, 0.05) is 17.0 Å². The number of hydrogen-bond donors (Lipinski definition) is 2. The molecule has 1 atom stereocenters. The van der Waals surface area contributed by atoms with E-state index in [-0.39, 0.29) is 9.77 Å². The first-order valence-electron chi connectivity index (χ1n) is 5.99. The maximum Gasteiger partial charge on any atom is 0.345 e. The van der Waals surface area contributed by atoms with Crippen LogP contribution in [-0.2, 0) is 10.0 Å². The van der Waals surface area contributed by atoms with Crippen LogP contribution in [-0.4, -0.2) is 24.7 Å². The highest BCUT2D eigenvalue weighted by molar-refractivity contribution is 7.89. The van der Waals surface area contributed by atoms with E-state index in [0.717, 1.165) is 17.4 Å². The Kier molecular flexibility index (Phi) is 4.17. The van der Waals surface area contributed by atoms with Gasteiger partial charge in [-0.05, 0) is 26.8 Å². The molecule has 0 bridgehead atoms. The average molecular weight is 330 g/mol. The second kappa shape index (κ2) is 5.58. The number of carboxylic acid groups (broad SMARTS) is 1. The van der Waals surface area contributed by atoms with Crippen molar-refractivity contribution in [3.05, 3.63) is 33.3 Å². The number of hydrogen-bond acceptors (Lipinski definition) is 6. The Bertz CT molecular complexity index is 756. The molecule has 0 aliphatic heterocycles. The molecular formula is C12H14N2O5S2. The van der Waals surface area contributed by atoms with E-state index >= 15 is 0 Å². The normalized spacial score (nSPS) is 13.3. The molecule has 2 aromatic heterocycles. The number of rotatable bonds is 5. The monoisotopic (exact) mass is 330 g/mol. The number of aromatic carboxylic acids is 1. The molecule has 0 saturated carbocycles. The van der Waals surface area contributed by atoms with E-state index in [1.54, 1.807) is 20.8 Å².